The summed E-state index contributed by atoms with van der Waals surface area (Å²) in [5, 5.41) is 3.56. The number of hydrogen-bond donors (Lipinski definition) is 1. The number of rotatable bonds is 8. The van der Waals surface area contributed by atoms with E-state index >= 15 is 0 Å². The van der Waals surface area contributed by atoms with Crippen LogP contribution in [0.4, 0.5) is 0 Å². The highest BCUT2D eigenvalue weighted by Gasteiger charge is 2.12. The van der Waals surface area contributed by atoms with Crippen LogP contribution in [0.3, 0.4) is 0 Å². The van der Waals surface area contributed by atoms with Crippen molar-refractivity contribution >= 4 is 0 Å². The van der Waals surface area contributed by atoms with Crippen molar-refractivity contribution in [3.63, 3.8) is 0 Å². The minimum absolute atomic E-state index is 0.611. The van der Waals surface area contributed by atoms with Crippen molar-refractivity contribution < 1.29 is 4.42 Å². The molecule has 108 valence electrons. The van der Waals surface area contributed by atoms with Crippen LogP contribution in [0.25, 0.3) is 0 Å². The van der Waals surface area contributed by atoms with Gasteiger partial charge in [0.15, 0.2) is 0 Å². The van der Waals surface area contributed by atoms with Crippen molar-refractivity contribution in [1.29, 1.82) is 0 Å². The molecule has 0 radical (unpaired) electrons. The van der Waals surface area contributed by atoms with E-state index < -0.39 is 0 Å². The molecule has 0 bridgehead atoms. The first-order valence-corrected chi connectivity index (χ1v) is 7.56. The molecule has 1 heterocycles. The third kappa shape index (κ3) is 4.53. The monoisotopic (exact) mass is 271 g/mol. The molecule has 2 heteroatoms. The predicted molar refractivity (Wildman–Crippen MR) is 83.9 cm³/mol. The Morgan fingerprint density at radius 2 is 2.00 bits per heavy atom. The van der Waals surface area contributed by atoms with Gasteiger partial charge in [-0.05, 0) is 68.0 Å². The molecule has 2 nitrogen and oxygen atoms in total. The standard InChI is InChI=1S/C18H25NO/c1-3-9-19-13-17(11-16-8-10-20-14-16)12-18-7-5-4-6-15(18)2/h4-8,10,14,17,19H,3,9,11-13H2,1-2H3. The van der Waals surface area contributed by atoms with Gasteiger partial charge in [0, 0.05) is 0 Å². The molecule has 1 N–H and O–H groups in total. The second-order valence-electron chi connectivity index (χ2n) is 5.54. The van der Waals surface area contributed by atoms with Gasteiger partial charge in [0.2, 0.25) is 0 Å². The average Bonchev–Trinajstić information content (AvgIpc) is 2.94. The Kier molecular flexibility index (Phi) is 5.87. The van der Waals surface area contributed by atoms with Gasteiger partial charge in [-0.1, -0.05) is 31.2 Å². The van der Waals surface area contributed by atoms with E-state index in [1.807, 2.05) is 6.26 Å². The molecule has 0 spiro atoms. The minimum atomic E-state index is 0.611. The van der Waals surface area contributed by atoms with Crippen LogP contribution in [-0.2, 0) is 12.8 Å². The van der Waals surface area contributed by atoms with Crippen molar-refractivity contribution in [3.05, 3.63) is 59.5 Å². The second-order valence-corrected chi connectivity index (χ2v) is 5.54. The van der Waals surface area contributed by atoms with Crippen molar-refractivity contribution in [2.24, 2.45) is 5.92 Å². The summed E-state index contributed by atoms with van der Waals surface area (Å²) in [5.74, 6) is 0.611. The quantitative estimate of drug-likeness (QED) is 0.734. The third-order valence-electron chi connectivity index (χ3n) is 3.73. The third-order valence-corrected chi connectivity index (χ3v) is 3.73. The summed E-state index contributed by atoms with van der Waals surface area (Å²) < 4.78 is 5.19. The Morgan fingerprint density at radius 3 is 2.70 bits per heavy atom. The lowest BCUT2D eigenvalue weighted by atomic mass is 9.91. The molecule has 1 aromatic heterocycles. The van der Waals surface area contributed by atoms with Crippen molar-refractivity contribution in [3.8, 4) is 0 Å². The van der Waals surface area contributed by atoms with Crippen LogP contribution in [-0.4, -0.2) is 13.1 Å². The second kappa shape index (κ2) is 7.91. The van der Waals surface area contributed by atoms with Crippen molar-refractivity contribution in [2.75, 3.05) is 13.1 Å². The zero-order valence-electron chi connectivity index (χ0n) is 12.6. The van der Waals surface area contributed by atoms with E-state index in [4.69, 9.17) is 4.42 Å². The van der Waals surface area contributed by atoms with Crippen LogP contribution in [0.2, 0.25) is 0 Å². The summed E-state index contributed by atoms with van der Waals surface area (Å²) in [7, 11) is 0. The Labute approximate surface area is 122 Å². The fourth-order valence-electron chi connectivity index (χ4n) is 2.59. The maximum absolute atomic E-state index is 5.19. The van der Waals surface area contributed by atoms with Gasteiger partial charge in [-0.25, -0.2) is 0 Å². The summed E-state index contributed by atoms with van der Waals surface area (Å²) in [5.41, 5.74) is 4.14. The van der Waals surface area contributed by atoms with E-state index in [1.165, 1.54) is 23.1 Å². The highest BCUT2D eigenvalue weighted by atomic mass is 16.3. The molecule has 20 heavy (non-hydrogen) atoms. The van der Waals surface area contributed by atoms with Gasteiger partial charge < -0.3 is 9.73 Å². The Bertz CT molecular complexity index is 490. The zero-order chi connectivity index (χ0) is 14.2. The molecular weight excluding hydrogens is 246 g/mol. The van der Waals surface area contributed by atoms with Gasteiger partial charge in [0.25, 0.3) is 0 Å². The molecule has 0 saturated heterocycles. The van der Waals surface area contributed by atoms with Gasteiger partial charge in [0.05, 0.1) is 12.5 Å². The van der Waals surface area contributed by atoms with Crippen LogP contribution in [0.5, 0.6) is 0 Å². The minimum Gasteiger partial charge on any atom is -0.472 e. The highest BCUT2D eigenvalue weighted by molar-refractivity contribution is 5.26. The van der Waals surface area contributed by atoms with E-state index in [0.29, 0.717) is 5.92 Å². The Morgan fingerprint density at radius 1 is 1.15 bits per heavy atom. The molecule has 0 aliphatic rings. The smallest absolute Gasteiger partial charge is 0.0934 e. The van der Waals surface area contributed by atoms with Crippen LogP contribution in [0.15, 0.2) is 47.3 Å². The molecule has 0 fully saturated rings. The molecule has 0 amide bonds. The lowest BCUT2D eigenvalue weighted by Gasteiger charge is -2.18. The lowest BCUT2D eigenvalue weighted by Crippen LogP contribution is -2.26. The number of aryl methyl sites for hydroxylation is 1. The van der Waals surface area contributed by atoms with E-state index in [1.54, 1.807) is 6.26 Å². The molecule has 0 aliphatic carbocycles. The number of hydrogen-bond acceptors (Lipinski definition) is 2. The first-order chi connectivity index (χ1) is 9.79. The van der Waals surface area contributed by atoms with Gasteiger partial charge in [-0.2, -0.15) is 0 Å². The molecular formula is C18H25NO. The van der Waals surface area contributed by atoms with Crippen LogP contribution in [0, 0.1) is 12.8 Å². The largest absolute Gasteiger partial charge is 0.472 e. The molecule has 1 atom stereocenters. The summed E-state index contributed by atoms with van der Waals surface area (Å²) in [6.07, 6.45) is 7.00. The maximum atomic E-state index is 5.19. The SMILES string of the molecule is CCCNCC(Cc1ccoc1)Cc1ccccc1C. The number of nitrogens with one attached hydrogen (secondary N) is 1. The predicted octanol–water partition coefficient (Wildman–Crippen LogP) is 3.99. The van der Waals surface area contributed by atoms with Gasteiger partial charge in [0.1, 0.15) is 0 Å². The lowest BCUT2D eigenvalue weighted by molar-refractivity contribution is 0.466. The first-order valence-electron chi connectivity index (χ1n) is 7.56. The Hall–Kier alpha value is -1.54. The van der Waals surface area contributed by atoms with E-state index in [0.717, 1.165) is 25.9 Å². The van der Waals surface area contributed by atoms with Crippen LogP contribution in [0.1, 0.15) is 30.0 Å². The topological polar surface area (TPSA) is 25.2 Å². The van der Waals surface area contributed by atoms with E-state index in [2.05, 4.69) is 49.5 Å². The molecule has 1 aromatic carbocycles. The summed E-state index contributed by atoms with van der Waals surface area (Å²) in [6, 6.07) is 10.8. The summed E-state index contributed by atoms with van der Waals surface area (Å²) in [4.78, 5) is 0. The molecule has 2 aromatic rings. The number of benzene rings is 1. The average molecular weight is 271 g/mol. The number of furan rings is 1. The van der Waals surface area contributed by atoms with Crippen molar-refractivity contribution in [1.82, 2.24) is 5.32 Å². The maximum Gasteiger partial charge on any atom is 0.0934 e. The molecule has 1 unspecified atom stereocenters. The zero-order valence-corrected chi connectivity index (χ0v) is 12.6. The van der Waals surface area contributed by atoms with Crippen LogP contribution < -0.4 is 5.32 Å². The normalized spacial score (nSPS) is 12.5. The molecule has 0 saturated carbocycles. The first kappa shape index (κ1) is 14.9. The van der Waals surface area contributed by atoms with Crippen LogP contribution >= 0.6 is 0 Å². The fourth-order valence-corrected chi connectivity index (χ4v) is 2.59. The highest BCUT2D eigenvalue weighted by Crippen LogP contribution is 2.17. The van der Waals surface area contributed by atoms with Gasteiger partial charge >= 0.3 is 0 Å². The van der Waals surface area contributed by atoms with Gasteiger partial charge in [-0.15, -0.1) is 0 Å². The summed E-state index contributed by atoms with van der Waals surface area (Å²) >= 11 is 0. The van der Waals surface area contributed by atoms with E-state index in [-0.39, 0.29) is 0 Å². The fraction of sp³-hybridized carbons (Fsp3) is 0.444. The van der Waals surface area contributed by atoms with Crippen molar-refractivity contribution in [2.45, 2.75) is 33.1 Å². The molecule has 0 aliphatic heterocycles. The van der Waals surface area contributed by atoms with Gasteiger partial charge in [-0.3, -0.25) is 0 Å². The molecule has 2 rings (SSSR count). The Balaban J connectivity index is 1.99. The van der Waals surface area contributed by atoms with E-state index in [9.17, 15) is 0 Å². The summed E-state index contributed by atoms with van der Waals surface area (Å²) in [6.45, 7) is 6.56.